The van der Waals surface area contributed by atoms with Crippen LogP contribution in [0.4, 0.5) is 4.39 Å². The highest BCUT2D eigenvalue weighted by Crippen LogP contribution is 2.18. The maximum Gasteiger partial charge on any atom is 0.326 e. The van der Waals surface area contributed by atoms with Gasteiger partial charge in [-0.2, -0.15) is 9.82 Å². The molecule has 2 rings (SSSR count). The number of nitrogens with zero attached hydrogens (tertiary/aromatic N) is 2. The number of halogens is 1. The van der Waals surface area contributed by atoms with E-state index < -0.39 is 27.3 Å². The molecule has 0 aliphatic rings. The van der Waals surface area contributed by atoms with Crippen molar-refractivity contribution in [1.82, 2.24) is 14.5 Å². The topological polar surface area (TPSA) is 101 Å². The summed E-state index contributed by atoms with van der Waals surface area (Å²) in [5, 5.41) is 13.3. The molecule has 1 heterocycles. The van der Waals surface area contributed by atoms with Gasteiger partial charge in [0.25, 0.3) is 0 Å². The van der Waals surface area contributed by atoms with Crippen LogP contribution in [0.15, 0.2) is 41.6 Å². The molecule has 0 saturated heterocycles. The molecule has 7 nitrogen and oxygen atoms in total. The molecule has 124 valence electrons. The average Bonchev–Trinajstić information content (AvgIpc) is 2.93. The van der Waals surface area contributed by atoms with Crippen LogP contribution in [0.5, 0.6) is 0 Å². The van der Waals surface area contributed by atoms with E-state index in [0.29, 0.717) is 5.56 Å². The fourth-order valence-electron chi connectivity index (χ4n) is 1.96. The van der Waals surface area contributed by atoms with Crippen LogP contribution >= 0.6 is 0 Å². The van der Waals surface area contributed by atoms with E-state index >= 15 is 0 Å². The third-order valence-electron chi connectivity index (χ3n) is 3.32. The molecule has 2 N–H and O–H groups in total. The second-order valence-corrected chi connectivity index (χ2v) is 7.04. The monoisotopic (exact) mass is 341 g/mol. The van der Waals surface area contributed by atoms with E-state index in [2.05, 4.69) is 9.82 Å². The number of aromatic nitrogens is 2. The Hall–Kier alpha value is -2.26. The number of carboxylic acid groups (broad SMARTS) is 1. The van der Waals surface area contributed by atoms with E-state index in [1.54, 1.807) is 6.07 Å². The molecule has 1 atom stereocenters. The standard InChI is InChI=1S/C14H16FN3O4S/c1-10-4-5-11(8-12(10)15)23(21,22)17-14(2,13(19)20)9-18-7-3-6-16-18/h3-8,17H,9H2,1-2H3,(H,19,20). The summed E-state index contributed by atoms with van der Waals surface area (Å²) in [7, 11) is -4.22. The molecule has 0 fully saturated rings. The van der Waals surface area contributed by atoms with Gasteiger partial charge >= 0.3 is 5.97 Å². The lowest BCUT2D eigenvalue weighted by Crippen LogP contribution is -2.54. The van der Waals surface area contributed by atoms with Gasteiger partial charge in [-0.05, 0) is 37.6 Å². The predicted octanol–water partition coefficient (Wildman–Crippen LogP) is 1.15. The predicted molar refractivity (Wildman–Crippen MR) is 79.7 cm³/mol. The van der Waals surface area contributed by atoms with E-state index in [9.17, 15) is 22.7 Å². The lowest BCUT2D eigenvalue weighted by atomic mass is 10.1. The van der Waals surface area contributed by atoms with Crippen LogP contribution < -0.4 is 4.72 Å². The first-order chi connectivity index (χ1) is 10.6. The molecule has 23 heavy (non-hydrogen) atoms. The van der Waals surface area contributed by atoms with Crippen LogP contribution in [0.25, 0.3) is 0 Å². The van der Waals surface area contributed by atoms with Crippen molar-refractivity contribution < 1.29 is 22.7 Å². The molecule has 9 heteroatoms. The maximum absolute atomic E-state index is 13.6. The van der Waals surface area contributed by atoms with Gasteiger partial charge in [-0.25, -0.2) is 12.8 Å². The molecule has 1 unspecified atom stereocenters. The Morgan fingerprint density at radius 1 is 1.48 bits per heavy atom. The number of rotatable bonds is 6. The third kappa shape index (κ3) is 3.74. The first-order valence-electron chi connectivity index (χ1n) is 6.65. The summed E-state index contributed by atoms with van der Waals surface area (Å²) in [5.41, 5.74) is -1.55. The number of hydrogen-bond donors (Lipinski definition) is 2. The van der Waals surface area contributed by atoms with Gasteiger partial charge < -0.3 is 5.11 Å². The highest BCUT2D eigenvalue weighted by atomic mass is 32.2. The fourth-order valence-corrected chi connectivity index (χ4v) is 3.33. The van der Waals surface area contributed by atoms with E-state index in [-0.39, 0.29) is 11.4 Å². The summed E-state index contributed by atoms with van der Waals surface area (Å²) in [4.78, 5) is 11.2. The molecule has 0 aliphatic heterocycles. The molecular formula is C14H16FN3O4S. The summed E-state index contributed by atoms with van der Waals surface area (Å²) in [6.45, 7) is 2.50. The quantitative estimate of drug-likeness (QED) is 0.821. The van der Waals surface area contributed by atoms with Crippen LogP contribution in [0, 0.1) is 12.7 Å². The average molecular weight is 341 g/mol. The van der Waals surface area contributed by atoms with Gasteiger partial charge in [-0.1, -0.05) is 6.07 Å². The molecule has 0 spiro atoms. The number of carboxylic acids is 1. The van der Waals surface area contributed by atoms with Crippen LogP contribution in [-0.4, -0.2) is 34.8 Å². The number of sulfonamides is 1. The highest BCUT2D eigenvalue weighted by Gasteiger charge is 2.38. The molecule has 0 radical (unpaired) electrons. The third-order valence-corrected chi connectivity index (χ3v) is 4.92. The zero-order valence-corrected chi connectivity index (χ0v) is 13.3. The normalized spacial score (nSPS) is 14.4. The van der Waals surface area contributed by atoms with E-state index in [1.807, 2.05) is 0 Å². The lowest BCUT2D eigenvalue weighted by Gasteiger charge is -2.26. The SMILES string of the molecule is Cc1ccc(S(=O)(=O)NC(C)(Cn2cccn2)C(=O)O)cc1F. The van der Waals surface area contributed by atoms with Crippen LogP contribution in [0.1, 0.15) is 12.5 Å². The summed E-state index contributed by atoms with van der Waals surface area (Å²) in [6.07, 6.45) is 2.97. The Morgan fingerprint density at radius 3 is 2.70 bits per heavy atom. The summed E-state index contributed by atoms with van der Waals surface area (Å²) in [5.74, 6) is -2.05. The van der Waals surface area contributed by atoms with E-state index in [1.165, 1.54) is 43.1 Å². The Labute approximate surface area is 132 Å². The van der Waals surface area contributed by atoms with Gasteiger partial charge in [0, 0.05) is 12.4 Å². The van der Waals surface area contributed by atoms with Gasteiger partial charge in [-0.15, -0.1) is 0 Å². The van der Waals surface area contributed by atoms with Gasteiger partial charge in [0.1, 0.15) is 11.4 Å². The van der Waals surface area contributed by atoms with Crippen LogP contribution in [0.2, 0.25) is 0 Å². The number of aryl methyl sites for hydroxylation is 1. The highest BCUT2D eigenvalue weighted by molar-refractivity contribution is 7.89. The van der Waals surface area contributed by atoms with Gasteiger partial charge in [0.15, 0.2) is 0 Å². The van der Waals surface area contributed by atoms with E-state index in [4.69, 9.17) is 0 Å². The molecule has 1 aromatic heterocycles. The Balaban J connectivity index is 2.34. The van der Waals surface area contributed by atoms with Crippen molar-refractivity contribution in [3.05, 3.63) is 48.0 Å². The van der Waals surface area contributed by atoms with Gasteiger partial charge in [-0.3, -0.25) is 9.48 Å². The Morgan fingerprint density at radius 2 is 2.17 bits per heavy atom. The van der Waals surface area contributed by atoms with Crippen LogP contribution in [0.3, 0.4) is 0 Å². The molecule has 0 amide bonds. The second-order valence-electron chi connectivity index (χ2n) is 5.36. The first kappa shape index (κ1) is 17.1. The van der Waals surface area contributed by atoms with Crippen molar-refractivity contribution in [3.63, 3.8) is 0 Å². The minimum atomic E-state index is -4.22. The van der Waals surface area contributed by atoms with E-state index in [0.717, 1.165) is 6.07 Å². The molecule has 0 saturated carbocycles. The summed E-state index contributed by atoms with van der Waals surface area (Å²) < 4.78 is 41.7. The number of nitrogens with one attached hydrogen (secondary N) is 1. The summed E-state index contributed by atoms with van der Waals surface area (Å²) >= 11 is 0. The van der Waals surface area contributed by atoms with Gasteiger partial charge in [0.05, 0.1) is 11.4 Å². The molecule has 2 aromatic rings. The maximum atomic E-state index is 13.6. The number of carbonyl (C=O) groups is 1. The first-order valence-corrected chi connectivity index (χ1v) is 8.13. The summed E-state index contributed by atoms with van der Waals surface area (Å²) in [6, 6.07) is 4.98. The minimum absolute atomic E-state index is 0.219. The lowest BCUT2D eigenvalue weighted by molar-refractivity contribution is -0.144. The minimum Gasteiger partial charge on any atom is -0.480 e. The van der Waals surface area contributed by atoms with Gasteiger partial charge in [0.2, 0.25) is 10.0 Å². The largest absolute Gasteiger partial charge is 0.480 e. The van der Waals surface area contributed by atoms with Crippen molar-refractivity contribution in [3.8, 4) is 0 Å². The smallest absolute Gasteiger partial charge is 0.326 e. The number of hydrogen-bond acceptors (Lipinski definition) is 4. The molecular weight excluding hydrogens is 325 g/mol. The fraction of sp³-hybridized carbons (Fsp3) is 0.286. The number of aliphatic carboxylic acids is 1. The molecule has 0 bridgehead atoms. The zero-order chi connectivity index (χ0) is 17.3. The van der Waals surface area contributed by atoms with Crippen molar-refractivity contribution in [2.45, 2.75) is 30.8 Å². The Kier molecular flexibility index (Phi) is 4.53. The Bertz CT molecular complexity index is 821. The van der Waals surface area contributed by atoms with Crippen molar-refractivity contribution in [2.24, 2.45) is 0 Å². The van der Waals surface area contributed by atoms with Crippen molar-refractivity contribution in [1.29, 1.82) is 0 Å². The van der Waals surface area contributed by atoms with Crippen molar-refractivity contribution >= 4 is 16.0 Å². The van der Waals surface area contributed by atoms with Crippen molar-refractivity contribution in [2.75, 3.05) is 0 Å². The zero-order valence-electron chi connectivity index (χ0n) is 12.5. The second kappa shape index (κ2) is 6.09. The molecule has 1 aromatic carbocycles. The number of benzene rings is 1. The molecule has 0 aliphatic carbocycles. The van der Waals surface area contributed by atoms with Crippen LogP contribution in [-0.2, 0) is 21.4 Å².